The number of aliphatic hydroxyl groups is 1. The molecule has 1 N–H and O–H groups in total. The Bertz CT molecular complexity index is 1380. The van der Waals surface area contributed by atoms with Crippen LogP contribution in [0.5, 0.6) is 11.5 Å². The molecule has 0 aromatic heterocycles. The number of nitrogens with zero attached hydrogens (tertiary/aromatic N) is 2. The fourth-order valence-electron chi connectivity index (χ4n) is 4.33. The Hall–Kier alpha value is -4.66. The SMILES string of the molecule is CCOc1cc(C2/C(=C(/O)c3ccc([N+](=O)[O-])cc3)C(=O)C(=O)N2c2ccc(CC)cc2)ccc1OC. The van der Waals surface area contributed by atoms with E-state index in [-0.39, 0.29) is 16.8 Å². The number of nitro groups is 1. The Balaban J connectivity index is 1.93. The van der Waals surface area contributed by atoms with Crippen molar-refractivity contribution in [3.8, 4) is 11.5 Å². The van der Waals surface area contributed by atoms with Gasteiger partial charge in [0.25, 0.3) is 17.4 Å². The molecule has 1 unspecified atom stereocenters. The van der Waals surface area contributed by atoms with E-state index in [1.165, 1.54) is 36.3 Å². The van der Waals surface area contributed by atoms with Gasteiger partial charge >= 0.3 is 0 Å². The number of aliphatic hydroxyl groups excluding tert-OH is 1. The first kappa shape index (κ1) is 25.4. The molecule has 0 spiro atoms. The van der Waals surface area contributed by atoms with E-state index in [4.69, 9.17) is 9.47 Å². The average molecular weight is 503 g/mol. The van der Waals surface area contributed by atoms with Crippen molar-refractivity contribution >= 4 is 28.8 Å². The molecule has 1 amide bonds. The van der Waals surface area contributed by atoms with Crippen molar-refractivity contribution < 1.29 is 29.1 Å². The Morgan fingerprint density at radius 2 is 1.68 bits per heavy atom. The maximum absolute atomic E-state index is 13.4. The number of hydrogen-bond acceptors (Lipinski definition) is 7. The fourth-order valence-corrected chi connectivity index (χ4v) is 4.33. The van der Waals surface area contributed by atoms with Crippen LogP contribution in [0, 0.1) is 10.1 Å². The molecule has 0 aliphatic carbocycles. The second-order valence-corrected chi connectivity index (χ2v) is 8.34. The Morgan fingerprint density at radius 1 is 1.00 bits per heavy atom. The van der Waals surface area contributed by atoms with Crippen LogP contribution >= 0.6 is 0 Å². The van der Waals surface area contributed by atoms with Gasteiger partial charge in [-0.2, -0.15) is 0 Å². The van der Waals surface area contributed by atoms with Gasteiger partial charge in [0.2, 0.25) is 0 Å². The summed E-state index contributed by atoms with van der Waals surface area (Å²) in [7, 11) is 1.51. The largest absolute Gasteiger partial charge is 0.507 e. The van der Waals surface area contributed by atoms with Crippen LogP contribution in [0.4, 0.5) is 11.4 Å². The monoisotopic (exact) mass is 502 g/mol. The summed E-state index contributed by atoms with van der Waals surface area (Å²) in [5.41, 5.74) is 1.94. The van der Waals surface area contributed by atoms with E-state index in [1.54, 1.807) is 30.3 Å². The van der Waals surface area contributed by atoms with E-state index in [0.29, 0.717) is 29.4 Å². The summed E-state index contributed by atoms with van der Waals surface area (Å²) >= 11 is 0. The summed E-state index contributed by atoms with van der Waals surface area (Å²) in [6.07, 6.45) is 0.804. The predicted molar refractivity (Wildman–Crippen MR) is 138 cm³/mol. The number of nitro benzene ring substituents is 1. The number of methoxy groups -OCH3 is 1. The van der Waals surface area contributed by atoms with Crippen molar-refractivity contribution in [2.24, 2.45) is 0 Å². The summed E-state index contributed by atoms with van der Waals surface area (Å²) in [6.45, 7) is 4.20. The van der Waals surface area contributed by atoms with E-state index >= 15 is 0 Å². The highest BCUT2D eigenvalue weighted by atomic mass is 16.6. The van der Waals surface area contributed by atoms with Crippen LogP contribution in [0.2, 0.25) is 0 Å². The molecule has 1 aliphatic heterocycles. The highest BCUT2D eigenvalue weighted by Gasteiger charge is 2.47. The topological polar surface area (TPSA) is 119 Å². The van der Waals surface area contributed by atoms with E-state index in [0.717, 1.165) is 12.0 Å². The van der Waals surface area contributed by atoms with Gasteiger partial charge in [0.1, 0.15) is 5.76 Å². The number of ketones is 1. The molecule has 1 aliphatic rings. The minimum atomic E-state index is -0.979. The molecule has 1 fully saturated rings. The van der Waals surface area contributed by atoms with Crippen LogP contribution < -0.4 is 14.4 Å². The second-order valence-electron chi connectivity index (χ2n) is 8.34. The lowest BCUT2D eigenvalue weighted by Crippen LogP contribution is -2.29. The van der Waals surface area contributed by atoms with Gasteiger partial charge in [-0.25, -0.2) is 0 Å². The van der Waals surface area contributed by atoms with Gasteiger partial charge < -0.3 is 14.6 Å². The van der Waals surface area contributed by atoms with Gasteiger partial charge in [-0.05, 0) is 60.9 Å². The number of benzene rings is 3. The molecule has 1 saturated heterocycles. The predicted octanol–water partition coefficient (Wildman–Crippen LogP) is 5.19. The highest BCUT2D eigenvalue weighted by Crippen LogP contribution is 2.44. The number of hydrogen-bond donors (Lipinski definition) is 1. The maximum Gasteiger partial charge on any atom is 0.300 e. The summed E-state index contributed by atoms with van der Waals surface area (Å²) in [4.78, 5) is 38.5. The number of carbonyl (C=O) groups excluding carboxylic acids is 2. The van der Waals surface area contributed by atoms with E-state index < -0.39 is 28.4 Å². The molecule has 0 bridgehead atoms. The average Bonchev–Trinajstić information content (AvgIpc) is 3.18. The third-order valence-corrected chi connectivity index (χ3v) is 6.22. The first-order valence-electron chi connectivity index (χ1n) is 11.8. The number of amides is 1. The van der Waals surface area contributed by atoms with Crippen LogP contribution in [0.1, 0.15) is 36.6 Å². The number of ether oxygens (including phenoxy) is 2. The first-order chi connectivity index (χ1) is 17.8. The maximum atomic E-state index is 13.4. The normalized spacial score (nSPS) is 16.6. The molecule has 0 radical (unpaired) electrons. The second kappa shape index (κ2) is 10.5. The zero-order valence-corrected chi connectivity index (χ0v) is 20.6. The summed E-state index contributed by atoms with van der Waals surface area (Å²) in [5.74, 6) is -1.20. The molecular weight excluding hydrogens is 476 g/mol. The van der Waals surface area contributed by atoms with Crippen LogP contribution in [-0.2, 0) is 16.0 Å². The van der Waals surface area contributed by atoms with Crippen molar-refractivity contribution in [2.45, 2.75) is 26.3 Å². The van der Waals surface area contributed by atoms with Crippen molar-refractivity contribution in [3.63, 3.8) is 0 Å². The zero-order valence-electron chi connectivity index (χ0n) is 20.6. The summed E-state index contributed by atoms with van der Waals surface area (Å²) in [5, 5.41) is 22.3. The standard InChI is InChI=1S/C28H26N2O7/c1-4-17-6-11-20(12-7-17)29-25(19-10-15-22(36-3)23(16-19)37-5-2)24(27(32)28(29)33)26(31)18-8-13-21(14-9-18)30(34)35/h6-16,25,31H,4-5H2,1-3H3/b26-24-. The summed E-state index contributed by atoms with van der Waals surface area (Å²) < 4.78 is 11.1. The molecule has 3 aromatic rings. The Kier molecular flexibility index (Phi) is 7.24. The molecule has 4 rings (SSSR count). The van der Waals surface area contributed by atoms with Crippen molar-refractivity contribution in [2.75, 3.05) is 18.6 Å². The molecule has 9 heteroatoms. The molecule has 1 atom stereocenters. The quantitative estimate of drug-likeness (QED) is 0.148. The first-order valence-corrected chi connectivity index (χ1v) is 11.8. The van der Waals surface area contributed by atoms with E-state index in [9.17, 15) is 24.8 Å². The van der Waals surface area contributed by atoms with Gasteiger partial charge in [0.15, 0.2) is 11.5 Å². The van der Waals surface area contributed by atoms with Crippen LogP contribution in [0.15, 0.2) is 72.3 Å². The summed E-state index contributed by atoms with van der Waals surface area (Å²) in [6, 6.07) is 16.5. The van der Waals surface area contributed by atoms with Gasteiger partial charge in [-0.3, -0.25) is 24.6 Å². The molecule has 37 heavy (non-hydrogen) atoms. The minimum absolute atomic E-state index is 0.133. The van der Waals surface area contributed by atoms with Gasteiger partial charge in [0, 0.05) is 23.4 Å². The molecular formula is C28H26N2O7. The number of aryl methyl sites for hydroxylation is 1. The lowest BCUT2D eigenvalue weighted by atomic mass is 9.94. The molecule has 9 nitrogen and oxygen atoms in total. The third kappa shape index (κ3) is 4.75. The van der Waals surface area contributed by atoms with E-state index in [1.807, 2.05) is 26.0 Å². The van der Waals surface area contributed by atoms with Crippen molar-refractivity contribution in [1.29, 1.82) is 0 Å². The van der Waals surface area contributed by atoms with E-state index in [2.05, 4.69) is 0 Å². The molecule has 1 heterocycles. The van der Waals surface area contributed by atoms with Crippen LogP contribution in [0.25, 0.3) is 5.76 Å². The minimum Gasteiger partial charge on any atom is -0.507 e. The van der Waals surface area contributed by atoms with Crippen molar-refractivity contribution in [1.82, 2.24) is 0 Å². The number of non-ortho nitro benzene ring substituents is 1. The molecule has 0 saturated carbocycles. The van der Waals surface area contributed by atoms with Crippen LogP contribution in [0.3, 0.4) is 0 Å². The highest BCUT2D eigenvalue weighted by molar-refractivity contribution is 6.51. The smallest absolute Gasteiger partial charge is 0.300 e. The lowest BCUT2D eigenvalue weighted by Gasteiger charge is -2.26. The van der Waals surface area contributed by atoms with Gasteiger partial charge in [-0.15, -0.1) is 0 Å². The lowest BCUT2D eigenvalue weighted by molar-refractivity contribution is -0.384. The third-order valence-electron chi connectivity index (χ3n) is 6.22. The number of Topliss-reactive ketones (excluding diaryl/α,β-unsaturated/α-hetero) is 1. The number of carbonyl (C=O) groups is 2. The fraction of sp³-hybridized carbons (Fsp3) is 0.214. The van der Waals surface area contributed by atoms with Gasteiger partial charge in [-0.1, -0.05) is 25.1 Å². The van der Waals surface area contributed by atoms with Gasteiger partial charge in [0.05, 0.1) is 30.3 Å². The van der Waals surface area contributed by atoms with Crippen molar-refractivity contribution in [3.05, 3.63) is 99.1 Å². The molecule has 190 valence electrons. The van der Waals surface area contributed by atoms with Crippen LogP contribution in [-0.4, -0.2) is 35.4 Å². The Morgan fingerprint density at radius 3 is 2.24 bits per heavy atom. The number of anilines is 1. The zero-order chi connectivity index (χ0) is 26.7. The number of rotatable bonds is 8. The molecule has 3 aromatic carbocycles. The Labute approximate surface area is 213 Å².